The van der Waals surface area contributed by atoms with E-state index in [0.29, 0.717) is 27.1 Å². The number of nitrogens with zero attached hydrogens (tertiary/aromatic N) is 1. The first-order valence-electron chi connectivity index (χ1n) is 7.07. The highest BCUT2D eigenvalue weighted by molar-refractivity contribution is 7.17. The number of aromatic nitrogens is 1. The van der Waals surface area contributed by atoms with Crippen molar-refractivity contribution in [2.75, 3.05) is 14.2 Å². The molecule has 1 amide bonds. The lowest BCUT2D eigenvalue weighted by atomic mass is 10.2. The molecule has 0 radical (unpaired) electrons. The lowest BCUT2D eigenvalue weighted by Crippen LogP contribution is -2.30. The molecule has 0 aliphatic rings. The van der Waals surface area contributed by atoms with Crippen LogP contribution in [0.25, 0.3) is 10.6 Å². The van der Waals surface area contributed by atoms with Gasteiger partial charge in [0.15, 0.2) is 17.6 Å². The molecule has 1 aromatic carbocycles. The van der Waals surface area contributed by atoms with Crippen molar-refractivity contribution >= 4 is 23.2 Å². The molecular formula is C16H18N2O5S. The molecule has 2 aromatic rings. The van der Waals surface area contributed by atoms with Gasteiger partial charge in [-0.05, 0) is 32.0 Å². The second-order valence-corrected chi connectivity index (χ2v) is 5.95. The van der Waals surface area contributed by atoms with Crippen molar-refractivity contribution in [2.45, 2.75) is 20.0 Å². The predicted octanol–water partition coefficient (Wildman–Crippen LogP) is 2.17. The average Bonchev–Trinajstić information content (AvgIpc) is 2.95. The van der Waals surface area contributed by atoms with E-state index >= 15 is 0 Å². The van der Waals surface area contributed by atoms with E-state index in [1.165, 1.54) is 18.3 Å². The topological polar surface area (TPSA) is 101 Å². The molecule has 0 aliphatic heterocycles. The van der Waals surface area contributed by atoms with Gasteiger partial charge in [-0.2, -0.15) is 0 Å². The highest BCUT2D eigenvalue weighted by atomic mass is 32.1. The number of thiazole rings is 1. The Bertz CT molecular complexity index is 772. The second-order valence-electron chi connectivity index (χ2n) is 4.95. The van der Waals surface area contributed by atoms with Gasteiger partial charge in [0.05, 0.1) is 19.9 Å². The zero-order valence-electron chi connectivity index (χ0n) is 13.8. The average molecular weight is 350 g/mol. The van der Waals surface area contributed by atoms with Crippen LogP contribution in [0.5, 0.6) is 11.5 Å². The lowest BCUT2D eigenvalue weighted by molar-refractivity contribution is -0.125. The molecule has 1 heterocycles. The Morgan fingerprint density at radius 2 is 1.88 bits per heavy atom. The van der Waals surface area contributed by atoms with Crippen LogP contribution in [0.2, 0.25) is 0 Å². The molecule has 0 saturated carbocycles. The minimum absolute atomic E-state index is 0.327. The van der Waals surface area contributed by atoms with E-state index in [2.05, 4.69) is 4.98 Å². The SMILES string of the molecule is COc1ccc(-c2nc(C)c(C(=O)OC(C)C(N)=O)s2)cc1OC. The Hall–Kier alpha value is -2.61. The number of hydrogen-bond acceptors (Lipinski definition) is 7. The molecule has 1 atom stereocenters. The summed E-state index contributed by atoms with van der Waals surface area (Å²) in [5.74, 6) is -0.160. The molecule has 7 nitrogen and oxygen atoms in total. The van der Waals surface area contributed by atoms with Crippen molar-refractivity contribution in [1.29, 1.82) is 0 Å². The third-order valence-corrected chi connectivity index (χ3v) is 4.48. The Kier molecular flexibility index (Phi) is 5.40. The van der Waals surface area contributed by atoms with Crippen molar-refractivity contribution in [2.24, 2.45) is 5.73 Å². The number of benzene rings is 1. The van der Waals surface area contributed by atoms with Crippen molar-refractivity contribution < 1.29 is 23.8 Å². The fourth-order valence-electron chi connectivity index (χ4n) is 1.95. The Balaban J connectivity index is 2.31. The van der Waals surface area contributed by atoms with Gasteiger partial charge in [-0.1, -0.05) is 0 Å². The summed E-state index contributed by atoms with van der Waals surface area (Å²) in [7, 11) is 3.10. The largest absolute Gasteiger partial charge is 0.493 e. The number of ether oxygens (including phenoxy) is 3. The van der Waals surface area contributed by atoms with Crippen LogP contribution in [-0.2, 0) is 9.53 Å². The Morgan fingerprint density at radius 3 is 2.46 bits per heavy atom. The number of amides is 1. The van der Waals surface area contributed by atoms with Gasteiger partial charge in [-0.3, -0.25) is 4.79 Å². The third kappa shape index (κ3) is 3.65. The van der Waals surface area contributed by atoms with Crippen LogP contribution in [0.15, 0.2) is 18.2 Å². The molecule has 128 valence electrons. The smallest absolute Gasteiger partial charge is 0.351 e. The predicted molar refractivity (Wildman–Crippen MR) is 89.5 cm³/mol. The maximum absolute atomic E-state index is 12.1. The fraction of sp³-hybridized carbons (Fsp3) is 0.312. The maximum Gasteiger partial charge on any atom is 0.351 e. The number of aryl methyl sites for hydroxylation is 1. The first kappa shape index (κ1) is 17.7. The first-order valence-corrected chi connectivity index (χ1v) is 7.89. The summed E-state index contributed by atoms with van der Waals surface area (Å²) in [6, 6.07) is 5.36. The van der Waals surface area contributed by atoms with Crippen molar-refractivity contribution in [3.05, 3.63) is 28.8 Å². The van der Waals surface area contributed by atoms with Gasteiger partial charge >= 0.3 is 5.97 Å². The minimum atomic E-state index is -0.997. The fourth-order valence-corrected chi connectivity index (χ4v) is 2.90. The van der Waals surface area contributed by atoms with Gasteiger partial charge in [-0.15, -0.1) is 11.3 Å². The van der Waals surface area contributed by atoms with E-state index in [0.717, 1.165) is 5.56 Å². The molecule has 8 heteroatoms. The summed E-state index contributed by atoms with van der Waals surface area (Å²) >= 11 is 1.17. The summed E-state index contributed by atoms with van der Waals surface area (Å²) in [6.45, 7) is 3.12. The van der Waals surface area contributed by atoms with Gasteiger partial charge in [0.2, 0.25) is 0 Å². The maximum atomic E-state index is 12.1. The molecule has 2 N–H and O–H groups in total. The number of carbonyl (C=O) groups is 2. The van der Waals surface area contributed by atoms with E-state index in [9.17, 15) is 9.59 Å². The zero-order chi connectivity index (χ0) is 17.9. The monoisotopic (exact) mass is 350 g/mol. The van der Waals surface area contributed by atoms with Crippen molar-refractivity contribution in [3.8, 4) is 22.1 Å². The number of rotatable bonds is 6. The highest BCUT2D eigenvalue weighted by Gasteiger charge is 2.22. The van der Waals surface area contributed by atoms with E-state index in [-0.39, 0.29) is 0 Å². The quantitative estimate of drug-likeness (QED) is 0.801. The van der Waals surface area contributed by atoms with Crippen LogP contribution in [0.4, 0.5) is 0 Å². The summed E-state index contributed by atoms with van der Waals surface area (Å²) in [5, 5.41) is 0.632. The summed E-state index contributed by atoms with van der Waals surface area (Å²) in [5.41, 5.74) is 6.40. The second kappa shape index (κ2) is 7.31. The molecular weight excluding hydrogens is 332 g/mol. The molecule has 1 aromatic heterocycles. The standard InChI is InChI=1S/C16H18N2O5S/c1-8-13(16(20)23-9(2)14(17)19)24-15(18-8)10-5-6-11(21-3)12(7-10)22-4/h5-7,9H,1-4H3,(H2,17,19). The van der Waals surface area contributed by atoms with Crippen LogP contribution in [0.3, 0.4) is 0 Å². The van der Waals surface area contributed by atoms with Gasteiger partial charge in [-0.25, -0.2) is 9.78 Å². The normalized spacial score (nSPS) is 11.7. The number of carbonyl (C=O) groups excluding carboxylic acids is 2. The lowest BCUT2D eigenvalue weighted by Gasteiger charge is -2.08. The number of nitrogens with two attached hydrogens (primary N) is 1. The van der Waals surface area contributed by atoms with Crippen LogP contribution >= 0.6 is 11.3 Å². The van der Waals surface area contributed by atoms with Gasteiger partial charge in [0, 0.05) is 5.56 Å². The molecule has 0 spiro atoms. The van der Waals surface area contributed by atoms with E-state index in [1.807, 2.05) is 6.07 Å². The molecule has 2 rings (SSSR count). The minimum Gasteiger partial charge on any atom is -0.493 e. The molecule has 0 fully saturated rings. The van der Waals surface area contributed by atoms with Gasteiger partial charge in [0.25, 0.3) is 5.91 Å². The molecule has 0 aliphatic carbocycles. The van der Waals surface area contributed by atoms with Gasteiger partial charge < -0.3 is 19.9 Å². The number of hydrogen-bond donors (Lipinski definition) is 1. The molecule has 0 saturated heterocycles. The van der Waals surface area contributed by atoms with E-state index in [4.69, 9.17) is 19.9 Å². The Morgan fingerprint density at radius 1 is 1.21 bits per heavy atom. The van der Waals surface area contributed by atoms with E-state index in [1.54, 1.807) is 33.3 Å². The number of methoxy groups -OCH3 is 2. The first-order chi connectivity index (χ1) is 11.4. The molecule has 1 unspecified atom stereocenters. The van der Waals surface area contributed by atoms with Crippen molar-refractivity contribution in [1.82, 2.24) is 4.98 Å². The zero-order valence-corrected chi connectivity index (χ0v) is 14.6. The molecule has 0 bridgehead atoms. The Labute approximate surface area is 143 Å². The van der Waals surface area contributed by atoms with Gasteiger partial charge in [0.1, 0.15) is 9.88 Å². The van der Waals surface area contributed by atoms with E-state index < -0.39 is 18.0 Å². The van der Waals surface area contributed by atoms with Crippen LogP contribution in [0, 0.1) is 6.92 Å². The van der Waals surface area contributed by atoms with Crippen molar-refractivity contribution in [3.63, 3.8) is 0 Å². The van der Waals surface area contributed by atoms with Crippen LogP contribution < -0.4 is 15.2 Å². The van der Waals surface area contributed by atoms with Crippen LogP contribution in [0.1, 0.15) is 22.3 Å². The summed E-state index contributed by atoms with van der Waals surface area (Å²) < 4.78 is 15.5. The number of esters is 1. The van der Waals surface area contributed by atoms with Crippen LogP contribution in [-0.4, -0.2) is 37.2 Å². The summed E-state index contributed by atoms with van der Waals surface area (Å²) in [4.78, 5) is 27.9. The summed E-state index contributed by atoms with van der Waals surface area (Å²) in [6.07, 6.45) is -0.997. The third-order valence-electron chi connectivity index (χ3n) is 3.30. The number of primary amides is 1. The molecule has 24 heavy (non-hydrogen) atoms. The highest BCUT2D eigenvalue weighted by Crippen LogP contribution is 2.35.